The fourth-order valence-electron chi connectivity index (χ4n) is 3.65. The Balaban J connectivity index is 1.42. The van der Waals surface area contributed by atoms with Gasteiger partial charge in [0.2, 0.25) is 5.91 Å². The molecule has 3 amide bonds. The molecular formula is C31H25N3O6S. The fraction of sp³-hybridized carbons (Fsp3) is 0.0323. The van der Waals surface area contributed by atoms with Crippen molar-refractivity contribution in [3.63, 3.8) is 0 Å². The minimum absolute atomic E-state index is 0.00692. The molecule has 0 aliphatic carbocycles. The summed E-state index contributed by atoms with van der Waals surface area (Å²) in [6, 6.07) is 28.3. The van der Waals surface area contributed by atoms with Crippen molar-refractivity contribution in [3.8, 4) is 5.75 Å². The summed E-state index contributed by atoms with van der Waals surface area (Å²) in [6.07, 6.45) is 1.58. The Bertz CT molecular complexity index is 1610. The van der Waals surface area contributed by atoms with Crippen LogP contribution in [-0.4, -0.2) is 39.7 Å². The van der Waals surface area contributed by atoms with Crippen LogP contribution in [0.3, 0.4) is 0 Å². The standard InChI is InChI=1S/C31H25N3O6S/c35-27-15-14-23(18-25(27)31(39)40)32-28(36)19-41-24-13-7-12-22(17-24)33-30(38)26(16-20-8-3-1-4-9-20)34-29(37)21-10-5-2-6-11-21/h1-18,35H,19H2,(H,32,36)(H,33,38)(H,34,37)(H,39,40)/b26-16-. The van der Waals surface area contributed by atoms with E-state index in [0.29, 0.717) is 16.1 Å². The summed E-state index contributed by atoms with van der Waals surface area (Å²) >= 11 is 1.21. The van der Waals surface area contributed by atoms with Crippen molar-refractivity contribution in [1.82, 2.24) is 5.32 Å². The van der Waals surface area contributed by atoms with Crippen LogP contribution in [-0.2, 0) is 9.59 Å². The summed E-state index contributed by atoms with van der Waals surface area (Å²) in [6.45, 7) is 0. The summed E-state index contributed by atoms with van der Waals surface area (Å²) in [5.41, 5.74) is 1.56. The van der Waals surface area contributed by atoms with Crippen LogP contribution in [0.15, 0.2) is 114 Å². The predicted molar refractivity (Wildman–Crippen MR) is 158 cm³/mol. The number of anilines is 2. The van der Waals surface area contributed by atoms with Crippen LogP contribution in [0, 0.1) is 0 Å². The van der Waals surface area contributed by atoms with Gasteiger partial charge in [-0.25, -0.2) is 4.79 Å². The zero-order valence-corrected chi connectivity index (χ0v) is 22.4. The van der Waals surface area contributed by atoms with Gasteiger partial charge in [0.25, 0.3) is 11.8 Å². The van der Waals surface area contributed by atoms with Crippen LogP contribution in [0.5, 0.6) is 5.75 Å². The number of carboxylic acid groups (broad SMARTS) is 1. The monoisotopic (exact) mass is 567 g/mol. The second-order valence-corrected chi connectivity index (χ2v) is 9.69. The number of rotatable bonds is 10. The van der Waals surface area contributed by atoms with Gasteiger partial charge in [-0.2, -0.15) is 0 Å². The number of amides is 3. The highest BCUT2D eigenvalue weighted by Crippen LogP contribution is 2.24. The molecule has 206 valence electrons. The number of hydrogen-bond acceptors (Lipinski definition) is 6. The Morgan fingerprint density at radius 3 is 2.15 bits per heavy atom. The van der Waals surface area contributed by atoms with E-state index in [4.69, 9.17) is 5.11 Å². The van der Waals surface area contributed by atoms with Gasteiger partial charge in [-0.3, -0.25) is 14.4 Å². The van der Waals surface area contributed by atoms with E-state index >= 15 is 0 Å². The van der Waals surface area contributed by atoms with Crippen molar-refractivity contribution in [2.45, 2.75) is 4.90 Å². The van der Waals surface area contributed by atoms with E-state index in [1.54, 1.807) is 60.7 Å². The first kappa shape index (κ1) is 28.7. The molecule has 0 atom stereocenters. The zero-order chi connectivity index (χ0) is 29.2. The summed E-state index contributed by atoms with van der Waals surface area (Å²) in [4.78, 5) is 50.4. The Hall–Kier alpha value is -5.35. The molecule has 0 heterocycles. The van der Waals surface area contributed by atoms with Gasteiger partial charge < -0.3 is 26.2 Å². The number of thioether (sulfide) groups is 1. The first-order chi connectivity index (χ1) is 19.8. The van der Waals surface area contributed by atoms with E-state index in [9.17, 15) is 24.3 Å². The number of aromatic carboxylic acids is 1. The molecule has 0 aliphatic rings. The molecule has 10 heteroatoms. The van der Waals surface area contributed by atoms with E-state index in [-0.39, 0.29) is 28.6 Å². The van der Waals surface area contributed by atoms with E-state index in [2.05, 4.69) is 16.0 Å². The summed E-state index contributed by atoms with van der Waals surface area (Å²) in [5.74, 6) is -3.05. The molecule has 0 unspecified atom stereocenters. The van der Waals surface area contributed by atoms with Gasteiger partial charge in [-0.15, -0.1) is 11.8 Å². The maximum atomic E-state index is 13.2. The zero-order valence-electron chi connectivity index (χ0n) is 21.5. The predicted octanol–water partition coefficient (Wildman–Crippen LogP) is 5.23. The third-order valence-corrected chi connectivity index (χ3v) is 6.61. The average Bonchev–Trinajstić information content (AvgIpc) is 2.97. The normalized spacial score (nSPS) is 10.9. The van der Waals surface area contributed by atoms with Crippen molar-refractivity contribution >= 4 is 52.9 Å². The molecule has 0 radical (unpaired) electrons. The van der Waals surface area contributed by atoms with E-state index in [1.807, 2.05) is 30.3 Å². The average molecular weight is 568 g/mol. The molecular weight excluding hydrogens is 542 g/mol. The number of aromatic hydroxyl groups is 1. The molecule has 0 saturated heterocycles. The number of nitrogens with one attached hydrogen (secondary N) is 3. The van der Waals surface area contributed by atoms with Gasteiger partial charge in [0.1, 0.15) is 17.0 Å². The first-order valence-electron chi connectivity index (χ1n) is 12.3. The Kier molecular flexibility index (Phi) is 9.53. The van der Waals surface area contributed by atoms with Crippen molar-refractivity contribution in [3.05, 3.63) is 126 Å². The van der Waals surface area contributed by atoms with E-state index in [0.717, 1.165) is 5.56 Å². The maximum absolute atomic E-state index is 13.2. The van der Waals surface area contributed by atoms with Crippen LogP contribution in [0.2, 0.25) is 0 Å². The lowest BCUT2D eigenvalue weighted by Crippen LogP contribution is -2.30. The molecule has 0 fully saturated rings. The topological polar surface area (TPSA) is 145 Å². The molecule has 4 rings (SSSR count). The van der Waals surface area contributed by atoms with Crippen LogP contribution >= 0.6 is 11.8 Å². The lowest BCUT2D eigenvalue weighted by atomic mass is 10.1. The number of carbonyl (C=O) groups excluding carboxylic acids is 3. The quantitative estimate of drug-likeness (QED) is 0.100. The van der Waals surface area contributed by atoms with Crippen molar-refractivity contribution in [2.75, 3.05) is 16.4 Å². The fourth-order valence-corrected chi connectivity index (χ4v) is 4.41. The van der Waals surface area contributed by atoms with Crippen LogP contribution in [0.4, 0.5) is 11.4 Å². The van der Waals surface area contributed by atoms with Gasteiger partial charge in [0.15, 0.2) is 0 Å². The lowest BCUT2D eigenvalue weighted by Gasteiger charge is -2.12. The number of phenols is 1. The van der Waals surface area contributed by atoms with E-state index < -0.39 is 23.5 Å². The van der Waals surface area contributed by atoms with Gasteiger partial charge in [0, 0.05) is 21.8 Å². The summed E-state index contributed by atoms with van der Waals surface area (Å²) in [7, 11) is 0. The second-order valence-electron chi connectivity index (χ2n) is 8.64. The molecule has 41 heavy (non-hydrogen) atoms. The van der Waals surface area contributed by atoms with Gasteiger partial charge in [0.05, 0.1) is 5.75 Å². The highest BCUT2D eigenvalue weighted by molar-refractivity contribution is 8.00. The van der Waals surface area contributed by atoms with Gasteiger partial charge >= 0.3 is 5.97 Å². The molecule has 4 aromatic rings. The number of hydrogen-bond donors (Lipinski definition) is 5. The Morgan fingerprint density at radius 2 is 1.44 bits per heavy atom. The maximum Gasteiger partial charge on any atom is 0.339 e. The summed E-state index contributed by atoms with van der Waals surface area (Å²) in [5, 5.41) is 26.9. The van der Waals surface area contributed by atoms with Crippen molar-refractivity contribution in [2.24, 2.45) is 0 Å². The third-order valence-electron chi connectivity index (χ3n) is 5.61. The molecule has 5 N–H and O–H groups in total. The highest BCUT2D eigenvalue weighted by Gasteiger charge is 2.16. The molecule has 0 aromatic heterocycles. The number of benzene rings is 4. The molecule has 9 nitrogen and oxygen atoms in total. The first-order valence-corrected chi connectivity index (χ1v) is 13.3. The molecule has 0 saturated carbocycles. The third kappa shape index (κ3) is 8.32. The van der Waals surface area contributed by atoms with Crippen molar-refractivity contribution < 1.29 is 29.4 Å². The Labute approximate surface area is 239 Å². The molecule has 0 bridgehead atoms. The minimum Gasteiger partial charge on any atom is -0.507 e. The largest absolute Gasteiger partial charge is 0.507 e. The number of carbonyl (C=O) groups is 4. The lowest BCUT2D eigenvalue weighted by molar-refractivity contribution is -0.114. The summed E-state index contributed by atoms with van der Waals surface area (Å²) < 4.78 is 0. The SMILES string of the molecule is O=C(CSc1cccc(NC(=O)/C(=C/c2ccccc2)NC(=O)c2ccccc2)c1)Nc1ccc(O)c(C(=O)O)c1. The van der Waals surface area contributed by atoms with Crippen LogP contribution in [0.1, 0.15) is 26.3 Å². The van der Waals surface area contributed by atoms with E-state index in [1.165, 1.54) is 30.0 Å². The smallest absolute Gasteiger partial charge is 0.339 e. The molecule has 4 aromatic carbocycles. The van der Waals surface area contributed by atoms with Gasteiger partial charge in [-0.05, 0) is 60.2 Å². The molecule has 0 spiro atoms. The highest BCUT2D eigenvalue weighted by atomic mass is 32.2. The number of carboxylic acids is 1. The van der Waals surface area contributed by atoms with Crippen molar-refractivity contribution in [1.29, 1.82) is 0 Å². The molecule has 0 aliphatic heterocycles. The minimum atomic E-state index is -1.31. The van der Waals surface area contributed by atoms with Crippen LogP contribution in [0.25, 0.3) is 6.08 Å². The van der Waals surface area contributed by atoms with Crippen LogP contribution < -0.4 is 16.0 Å². The second kappa shape index (κ2) is 13.6. The van der Waals surface area contributed by atoms with Gasteiger partial charge in [-0.1, -0.05) is 54.6 Å². The Morgan fingerprint density at radius 1 is 0.756 bits per heavy atom.